The van der Waals surface area contributed by atoms with Gasteiger partial charge >= 0.3 is 0 Å². The SMILES string of the molecule is O=C(Nc1ccc(-n2cncn2)nc1)c1ccc(-c2ccc(Cl)cc2)o1. The Morgan fingerprint density at radius 1 is 1.08 bits per heavy atom. The molecule has 0 bridgehead atoms. The number of rotatable bonds is 4. The second-order valence-electron chi connectivity index (χ2n) is 5.37. The fraction of sp³-hybridized carbons (Fsp3) is 0. The first-order valence-electron chi connectivity index (χ1n) is 7.67. The van der Waals surface area contributed by atoms with Gasteiger partial charge in [-0.05, 0) is 48.5 Å². The van der Waals surface area contributed by atoms with Crippen molar-refractivity contribution in [3.05, 3.63) is 78.2 Å². The summed E-state index contributed by atoms with van der Waals surface area (Å²) in [6.45, 7) is 0. The Morgan fingerprint density at radius 3 is 2.62 bits per heavy atom. The minimum Gasteiger partial charge on any atom is -0.451 e. The number of carbonyl (C=O) groups is 1. The molecule has 0 saturated heterocycles. The van der Waals surface area contributed by atoms with Gasteiger partial charge in [0.15, 0.2) is 11.6 Å². The fourth-order valence-electron chi connectivity index (χ4n) is 2.34. The molecule has 0 aliphatic heterocycles. The second-order valence-corrected chi connectivity index (χ2v) is 5.81. The number of nitrogens with one attached hydrogen (secondary N) is 1. The van der Waals surface area contributed by atoms with Gasteiger partial charge in [0, 0.05) is 10.6 Å². The Kier molecular flexibility index (Phi) is 4.20. The van der Waals surface area contributed by atoms with Gasteiger partial charge in [-0.25, -0.2) is 14.6 Å². The number of hydrogen-bond donors (Lipinski definition) is 1. The summed E-state index contributed by atoms with van der Waals surface area (Å²) in [6.07, 6.45) is 4.51. The first-order valence-corrected chi connectivity index (χ1v) is 8.05. The number of furan rings is 1. The third-order valence-corrected chi connectivity index (χ3v) is 3.87. The monoisotopic (exact) mass is 365 g/mol. The molecule has 0 aliphatic carbocycles. The van der Waals surface area contributed by atoms with Crippen LogP contribution in [0.3, 0.4) is 0 Å². The van der Waals surface area contributed by atoms with Crippen LogP contribution >= 0.6 is 11.6 Å². The maximum Gasteiger partial charge on any atom is 0.291 e. The molecule has 0 radical (unpaired) electrons. The van der Waals surface area contributed by atoms with E-state index in [0.29, 0.717) is 22.3 Å². The van der Waals surface area contributed by atoms with Crippen molar-refractivity contribution >= 4 is 23.2 Å². The number of carbonyl (C=O) groups excluding carboxylic acids is 1. The minimum atomic E-state index is -0.361. The smallest absolute Gasteiger partial charge is 0.291 e. The molecule has 0 saturated carbocycles. The van der Waals surface area contributed by atoms with Crippen LogP contribution in [-0.2, 0) is 0 Å². The molecule has 4 aromatic rings. The lowest BCUT2D eigenvalue weighted by atomic mass is 10.2. The summed E-state index contributed by atoms with van der Waals surface area (Å²) in [5.41, 5.74) is 1.38. The Balaban J connectivity index is 1.47. The van der Waals surface area contributed by atoms with Gasteiger partial charge in [0.05, 0.1) is 11.9 Å². The zero-order valence-electron chi connectivity index (χ0n) is 13.3. The molecule has 128 valence electrons. The van der Waals surface area contributed by atoms with Crippen molar-refractivity contribution < 1.29 is 9.21 Å². The normalized spacial score (nSPS) is 10.7. The number of nitrogens with zero attached hydrogens (tertiary/aromatic N) is 4. The van der Waals surface area contributed by atoms with Crippen molar-refractivity contribution in [1.82, 2.24) is 19.7 Å². The van der Waals surface area contributed by atoms with Gasteiger partial charge in [-0.2, -0.15) is 5.10 Å². The molecule has 0 fully saturated rings. The number of amides is 1. The summed E-state index contributed by atoms with van der Waals surface area (Å²) >= 11 is 5.88. The number of anilines is 1. The molecule has 0 atom stereocenters. The largest absolute Gasteiger partial charge is 0.451 e. The minimum absolute atomic E-state index is 0.204. The summed E-state index contributed by atoms with van der Waals surface area (Å²) in [5, 5.41) is 7.38. The third-order valence-electron chi connectivity index (χ3n) is 3.62. The summed E-state index contributed by atoms with van der Waals surface area (Å²) < 4.78 is 7.15. The molecule has 3 heterocycles. The highest BCUT2D eigenvalue weighted by molar-refractivity contribution is 6.30. The van der Waals surface area contributed by atoms with Crippen LogP contribution in [0.1, 0.15) is 10.6 Å². The number of hydrogen-bond acceptors (Lipinski definition) is 5. The van der Waals surface area contributed by atoms with Gasteiger partial charge in [-0.3, -0.25) is 4.79 Å². The van der Waals surface area contributed by atoms with Crippen molar-refractivity contribution in [2.24, 2.45) is 0 Å². The Hall–Kier alpha value is -3.45. The number of pyridine rings is 1. The summed E-state index contributed by atoms with van der Waals surface area (Å²) in [6, 6.07) is 14.0. The van der Waals surface area contributed by atoms with Crippen molar-refractivity contribution in [3.63, 3.8) is 0 Å². The molecule has 1 aromatic carbocycles. The molecule has 26 heavy (non-hydrogen) atoms. The van der Waals surface area contributed by atoms with Crippen molar-refractivity contribution in [1.29, 1.82) is 0 Å². The average Bonchev–Trinajstić information content (AvgIpc) is 3.35. The van der Waals surface area contributed by atoms with Gasteiger partial charge in [0.25, 0.3) is 5.91 Å². The Bertz CT molecular complexity index is 1020. The van der Waals surface area contributed by atoms with E-state index in [0.717, 1.165) is 5.56 Å². The van der Waals surface area contributed by atoms with E-state index in [-0.39, 0.29) is 11.7 Å². The highest BCUT2D eigenvalue weighted by Crippen LogP contribution is 2.24. The molecular formula is C18H12ClN5O2. The molecule has 1 N–H and O–H groups in total. The first-order chi connectivity index (χ1) is 12.7. The zero-order chi connectivity index (χ0) is 17.9. The van der Waals surface area contributed by atoms with E-state index in [2.05, 4.69) is 20.4 Å². The van der Waals surface area contributed by atoms with Crippen LogP contribution < -0.4 is 5.32 Å². The molecule has 0 spiro atoms. The van der Waals surface area contributed by atoms with Gasteiger partial charge < -0.3 is 9.73 Å². The average molecular weight is 366 g/mol. The van der Waals surface area contributed by atoms with Gasteiger partial charge in [0.1, 0.15) is 18.4 Å². The van der Waals surface area contributed by atoms with E-state index in [1.807, 2.05) is 12.1 Å². The first kappa shape index (κ1) is 16.0. The lowest BCUT2D eigenvalue weighted by Crippen LogP contribution is -2.11. The van der Waals surface area contributed by atoms with Crippen molar-refractivity contribution in [2.75, 3.05) is 5.32 Å². The van der Waals surface area contributed by atoms with E-state index in [4.69, 9.17) is 16.0 Å². The maximum atomic E-state index is 12.3. The molecule has 4 rings (SSSR count). The van der Waals surface area contributed by atoms with E-state index in [1.54, 1.807) is 42.7 Å². The molecule has 0 aliphatic rings. The van der Waals surface area contributed by atoms with Gasteiger partial charge in [-0.1, -0.05) is 11.6 Å². The van der Waals surface area contributed by atoms with Crippen molar-refractivity contribution in [3.8, 4) is 17.1 Å². The van der Waals surface area contributed by atoms with E-state index >= 15 is 0 Å². The topological polar surface area (TPSA) is 85.8 Å². The van der Waals surface area contributed by atoms with Crippen LogP contribution in [-0.4, -0.2) is 25.7 Å². The number of aromatic nitrogens is 4. The molecule has 0 unspecified atom stereocenters. The van der Waals surface area contributed by atoms with Gasteiger partial charge in [-0.15, -0.1) is 0 Å². The van der Waals surface area contributed by atoms with Gasteiger partial charge in [0.2, 0.25) is 0 Å². The summed E-state index contributed by atoms with van der Waals surface area (Å²) in [4.78, 5) is 20.4. The zero-order valence-corrected chi connectivity index (χ0v) is 14.1. The summed E-state index contributed by atoms with van der Waals surface area (Å²) in [5.74, 6) is 1.03. The highest BCUT2D eigenvalue weighted by atomic mass is 35.5. The third kappa shape index (κ3) is 3.33. The number of benzene rings is 1. The predicted octanol–water partition coefficient (Wildman–Crippen LogP) is 3.83. The maximum absolute atomic E-state index is 12.3. The van der Waals surface area contributed by atoms with Crippen LogP contribution in [0.2, 0.25) is 5.02 Å². The summed E-state index contributed by atoms with van der Waals surface area (Å²) in [7, 11) is 0. The van der Waals surface area contributed by atoms with Crippen LogP contribution in [0.5, 0.6) is 0 Å². The quantitative estimate of drug-likeness (QED) is 0.594. The van der Waals surface area contributed by atoms with E-state index in [9.17, 15) is 4.79 Å². The highest BCUT2D eigenvalue weighted by Gasteiger charge is 2.13. The Morgan fingerprint density at radius 2 is 1.92 bits per heavy atom. The van der Waals surface area contributed by atoms with E-state index < -0.39 is 0 Å². The van der Waals surface area contributed by atoms with Crippen molar-refractivity contribution in [2.45, 2.75) is 0 Å². The predicted molar refractivity (Wildman–Crippen MR) is 96.3 cm³/mol. The van der Waals surface area contributed by atoms with Crippen LogP contribution in [0.25, 0.3) is 17.1 Å². The lowest BCUT2D eigenvalue weighted by molar-refractivity contribution is 0.0997. The standard InChI is InChI=1S/C18H12ClN5O2/c19-13-3-1-12(2-4-13)15-6-7-16(26-15)18(25)23-14-5-8-17(21-9-14)24-11-20-10-22-24/h1-11H,(H,23,25). The molecule has 7 nitrogen and oxygen atoms in total. The number of halogens is 1. The van der Waals surface area contributed by atoms with E-state index in [1.165, 1.54) is 17.2 Å². The molecule has 8 heteroatoms. The Labute approximate surface area is 153 Å². The van der Waals surface area contributed by atoms with Crippen LogP contribution in [0, 0.1) is 0 Å². The fourth-order valence-corrected chi connectivity index (χ4v) is 2.47. The molecule has 1 amide bonds. The molecule has 3 aromatic heterocycles. The van der Waals surface area contributed by atoms with Crippen LogP contribution in [0.15, 0.2) is 71.8 Å². The van der Waals surface area contributed by atoms with Crippen LogP contribution in [0.4, 0.5) is 5.69 Å². The lowest BCUT2D eigenvalue weighted by Gasteiger charge is -2.04. The molecular weight excluding hydrogens is 354 g/mol. The second kappa shape index (κ2) is 6.81.